The molecule has 3 rings (SSSR count). The first-order valence-electron chi connectivity index (χ1n) is 6.79. The van der Waals surface area contributed by atoms with E-state index in [1.54, 1.807) is 0 Å². The van der Waals surface area contributed by atoms with Crippen molar-refractivity contribution >= 4 is 33.2 Å². The summed E-state index contributed by atoms with van der Waals surface area (Å²) in [7, 11) is -3.82. The van der Waals surface area contributed by atoms with Crippen molar-refractivity contribution in [3.05, 3.63) is 28.0 Å². The molecule has 1 N–H and O–H groups in total. The molecule has 2 aliphatic heterocycles. The van der Waals surface area contributed by atoms with Gasteiger partial charge in [-0.15, -0.1) is 0 Å². The zero-order valence-corrected chi connectivity index (χ0v) is 13.5. The maximum Gasteiger partial charge on any atom is 0.244 e. The monoisotopic (exact) mass is 352 g/mol. The van der Waals surface area contributed by atoms with Gasteiger partial charge < -0.3 is 5.32 Å². The molecule has 0 spiro atoms. The van der Waals surface area contributed by atoms with Gasteiger partial charge in [0.05, 0.1) is 10.0 Å². The number of nitrogens with one attached hydrogen (secondary N) is 1. The largest absolute Gasteiger partial charge is 0.310 e. The molecule has 0 amide bonds. The molecule has 4 nitrogen and oxygen atoms in total. The topological polar surface area (TPSA) is 49.4 Å². The van der Waals surface area contributed by atoms with Crippen LogP contribution in [-0.4, -0.2) is 37.9 Å². The number of hydrogen-bond donors (Lipinski definition) is 1. The molecule has 2 bridgehead atoms. The van der Waals surface area contributed by atoms with Crippen molar-refractivity contribution in [1.29, 1.82) is 0 Å². The van der Waals surface area contributed by atoms with Crippen molar-refractivity contribution in [2.45, 2.75) is 36.2 Å². The first-order chi connectivity index (χ1) is 9.89. The maximum atomic E-state index is 13.8. The van der Waals surface area contributed by atoms with Crippen LogP contribution in [0.15, 0.2) is 17.0 Å². The van der Waals surface area contributed by atoms with Crippen LogP contribution >= 0.6 is 23.2 Å². The van der Waals surface area contributed by atoms with E-state index in [0.29, 0.717) is 19.1 Å². The third kappa shape index (κ3) is 2.80. The molecular weight excluding hydrogens is 338 g/mol. The number of benzene rings is 1. The average Bonchev–Trinajstić information content (AvgIpc) is 2.74. The number of nitrogens with zero attached hydrogens (tertiary/aromatic N) is 1. The normalized spacial score (nSPS) is 26.8. The van der Waals surface area contributed by atoms with Crippen LogP contribution in [0.5, 0.6) is 0 Å². The highest BCUT2D eigenvalue weighted by Gasteiger charge is 2.36. The number of rotatable bonds is 2. The van der Waals surface area contributed by atoms with E-state index < -0.39 is 20.9 Å². The van der Waals surface area contributed by atoms with Crippen LogP contribution in [0.2, 0.25) is 10.0 Å². The van der Waals surface area contributed by atoms with Gasteiger partial charge in [0.15, 0.2) is 5.82 Å². The summed E-state index contributed by atoms with van der Waals surface area (Å²) in [5.74, 6) is -0.895. The van der Waals surface area contributed by atoms with Crippen molar-refractivity contribution < 1.29 is 12.8 Å². The first kappa shape index (κ1) is 15.5. The van der Waals surface area contributed by atoms with Gasteiger partial charge in [0.1, 0.15) is 4.90 Å². The lowest BCUT2D eigenvalue weighted by Crippen LogP contribution is -2.39. The number of hydrogen-bond acceptors (Lipinski definition) is 3. The van der Waals surface area contributed by atoms with Gasteiger partial charge in [-0.05, 0) is 31.4 Å². The summed E-state index contributed by atoms with van der Waals surface area (Å²) >= 11 is 11.5. The zero-order valence-electron chi connectivity index (χ0n) is 11.2. The number of halogens is 3. The molecule has 0 saturated carbocycles. The van der Waals surface area contributed by atoms with E-state index in [2.05, 4.69) is 5.32 Å². The Morgan fingerprint density at radius 3 is 2.67 bits per heavy atom. The van der Waals surface area contributed by atoms with E-state index in [4.69, 9.17) is 23.2 Å². The second kappa shape index (κ2) is 5.66. The van der Waals surface area contributed by atoms with E-state index >= 15 is 0 Å². The summed E-state index contributed by atoms with van der Waals surface area (Å²) in [6, 6.07) is 3.01. The average molecular weight is 353 g/mol. The first-order valence-corrected chi connectivity index (χ1v) is 8.99. The predicted molar refractivity (Wildman–Crippen MR) is 79.7 cm³/mol. The van der Waals surface area contributed by atoms with Crippen molar-refractivity contribution in [3.63, 3.8) is 0 Å². The smallest absolute Gasteiger partial charge is 0.244 e. The third-order valence-corrected chi connectivity index (χ3v) is 6.78. The fourth-order valence-corrected chi connectivity index (χ4v) is 5.20. The Kier molecular flexibility index (Phi) is 4.18. The second-order valence-electron chi connectivity index (χ2n) is 5.46. The molecule has 8 heteroatoms. The Morgan fingerprint density at radius 2 is 1.90 bits per heavy atom. The molecule has 21 heavy (non-hydrogen) atoms. The van der Waals surface area contributed by atoms with Gasteiger partial charge in [0.2, 0.25) is 10.0 Å². The van der Waals surface area contributed by atoms with Crippen LogP contribution < -0.4 is 5.32 Å². The summed E-state index contributed by atoms with van der Waals surface area (Å²) in [4.78, 5) is -0.219. The highest BCUT2D eigenvalue weighted by Crippen LogP contribution is 2.32. The van der Waals surface area contributed by atoms with Gasteiger partial charge in [0.25, 0.3) is 0 Å². The molecule has 0 aliphatic carbocycles. The second-order valence-corrected chi connectivity index (χ2v) is 8.15. The van der Waals surface area contributed by atoms with Crippen molar-refractivity contribution in [3.8, 4) is 0 Å². The van der Waals surface area contributed by atoms with E-state index in [9.17, 15) is 12.8 Å². The fraction of sp³-hybridized carbons (Fsp3) is 0.538. The molecule has 2 unspecified atom stereocenters. The fourth-order valence-electron chi connectivity index (χ4n) is 2.98. The lowest BCUT2D eigenvalue weighted by Gasteiger charge is -2.24. The Morgan fingerprint density at radius 1 is 1.19 bits per heavy atom. The minimum atomic E-state index is -3.82. The highest BCUT2D eigenvalue weighted by molar-refractivity contribution is 7.89. The Hall–Kier alpha value is -0.400. The summed E-state index contributed by atoms with van der Waals surface area (Å²) in [5.41, 5.74) is 0. The van der Waals surface area contributed by atoms with E-state index in [1.165, 1.54) is 16.4 Å². The van der Waals surface area contributed by atoms with Crippen molar-refractivity contribution in [1.82, 2.24) is 9.62 Å². The zero-order chi connectivity index (χ0) is 15.2. The number of fused-ring (bicyclic) bond motifs is 2. The molecule has 2 atom stereocenters. The van der Waals surface area contributed by atoms with E-state index in [1.807, 2.05) is 0 Å². The van der Waals surface area contributed by atoms with E-state index in [-0.39, 0.29) is 16.0 Å². The van der Waals surface area contributed by atoms with Gasteiger partial charge in [-0.25, -0.2) is 12.8 Å². The predicted octanol–water partition coefficient (Wildman–Crippen LogP) is 2.65. The van der Waals surface area contributed by atoms with Crippen LogP contribution in [0, 0.1) is 5.82 Å². The molecule has 0 aromatic heterocycles. The molecule has 2 saturated heterocycles. The van der Waals surface area contributed by atoms with Gasteiger partial charge in [-0.3, -0.25) is 0 Å². The lowest BCUT2D eigenvalue weighted by atomic mass is 10.1. The van der Waals surface area contributed by atoms with Crippen LogP contribution in [0.3, 0.4) is 0 Å². The molecular formula is C13H15Cl2FN2O2S. The standard InChI is InChI=1S/C13H15Cl2FN2O2S/c14-10-3-4-11(12(15)13(10)16)21(19,20)18-6-5-8-1-2-9(7-18)17-8/h3-4,8-9,17H,1-2,5-7H2. The maximum absolute atomic E-state index is 13.8. The van der Waals surface area contributed by atoms with Crippen molar-refractivity contribution in [2.75, 3.05) is 13.1 Å². The molecule has 1 aromatic rings. The van der Waals surface area contributed by atoms with Crippen LogP contribution in [0.25, 0.3) is 0 Å². The Bertz CT molecular complexity index is 668. The third-order valence-electron chi connectivity index (χ3n) is 4.10. The molecule has 2 fully saturated rings. The molecule has 2 heterocycles. The van der Waals surface area contributed by atoms with Crippen LogP contribution in [-0.2, 0) is 10.0 Å². The molecule has 1 aromatic carbocycles. The summed E-state index contributed by atoms with van der Waals surface area (Å²) < 4.78 is 40.6. The molecule has 0 radical (unpaired) electrons. The summed E-state index contributed by atoms with van der Waals surface area (Å²) in [6.45, 7) is 0.802. The summed E-state index contributed by atoms with van der Waals surface area (Å²) in [6.07, 6.45) is 2.79. The number of sulfonamides is 1. The van der Waals surface area contributed by atoms with Gasteiger partial charge >= 0.3 is 0 Å². The van der Waals surface area contributed by atoms with Gasteiger partial charge in [-0.1, -0.05) is 23.2 Å². The quantitative estimate of drug-likeness (QED) is 0.832. The van der Waals surface area contributed by atoms with Crippen LogP contribution in [0.4, 0.5) is 4.39 Å². The minimum Gasteiger partial charge on any atom is -0.310 e. The SMILES string of the molecule is O=S(=O)(c1ccc(Cl)c(F)c1Cl)N1CCC2CCC(C1)N2. The van der Waals surface area contributed by atoms with Gasteiger partial charge in [0, 0.05) is 25.2 Å². The van der Waals surface area contributed by atoms with E-state index in [0.717, 1.165) is 19.3 Å². The van der Waals surface area contributed by atoms with Crippen LogP contribution in [0.1, 0.15) is 19.3 Å². The Balaban J connectivity index is 1.95. The van der Waals surface area contributed by atoms with Gasteiger partial charge in [-0.2, -0.15) is 4.31 Å². The lowest BCUT2D eigenvalue weighted by molar-refractivity contribution is 0.383. The summed E-state index contributed by atoms with van der Waals surface area (Å²) in [5, 5.41) is 2.78. The van der Waals surface area contributed by atoms with Crippen molar-refractivity contribution in [2.24, 2.45) is 0 Å². The Labute approximate surface area is 133 Å². The minimum absolute atomic E-state index is 0.156. The highest BCUT2D eigenvalue weighted by atomic mass is 35.5. The molecule has 116 valence electrons. The molecule has 2 aliphatic rings.